The predicted molar refractivity (Wildman–Crippen MR) is 145 cm³/mol. The largest absolute Gasteiger partial charge is 0.444 e. The summed E-state index contributed by atoms with van der Waals surface area (Å²) in [4.78, 5) is 33.9. The maximum atomic E-state index is 13.6. The van der Waals surface area contributed by atoms with Gasteiger partial charge in [0.15, 0.2) is 0 Å². The molecule has 40 heavy (non-hydrogen) atoms. The van der Waals surface area contributed by atoms with Crippen molar-refractivity contribution in [2.45, 2.75) is 51.1 Å². The van der Waals surface area contributed by atoms with Gasteiger partial charge in [-0.25, -0.2) is 4.98 Å². The van der Waals surface area contributed by atoms with Crippen LogP contribution in [0, 0.1) is 17.3 Å². The number of pyridine rings is 1. The highest BCUT2D eigenvalue weighted by Gasteiger charge is 2.48. The normalized spacial score (nSPS) is 23.0. The number of aromatic nitrogens is 1. The fourth-order valence-corrected chi connectivity index (χ4v) is 5.90. The highest BCUT2D eigenvalue weighted by Crippen LogP contribution is 2.47. The molecule has 2 atom stereocenters. The molecule has 1 aromatic carbocycles. The standard InChI is InChI=1S/C30H33ClF3N3O3/c1-19(40-26-8-5-22(17-35-26)30(32,33)34)24-11-16-37(18-25(24)20-3-6-23(31)7-4-20)27(38)21-9-14-36(15-10-21)28(39)29(2)12-13-29/h3-8,17,21,24-25H,1,9-16,18H2,2H3/t24-,25-/m1/s1. The van der Waals surface area contributed by atoms with Crippen LogP contribution in [0.5, 0.6) is 5.88 Å². The minimum absolute atomic E-state index is 0.0349. The molecular formula is C30H33ClF3N3O3. The third-order valence-corrected chi connectivity index (χ3v) is 8.84. The molecule has 3 fully saturated rings. The molecule has 5 rings (SSSR count). The van der Waals surface area contributed by atoms with Gasteiger partial charge in [0.2, 0.25) is 17.7 Å². The van der Waals surface area contributed by atoms with E-state index in [4.69, 9.17) is 16.3 Å². The topological polar surface area (TPSA) is 62.7 Å². The molecule has 3 aliphatic rings. The molecule has 2 aromatic rings. The number of alkyl halides is 3. The van der Waals surface area contributed by atoms with Gasteiger partial charge in [0.1, 0.15) is 5.76 Å². The molecule has 1 saturated carbocycles. The Hall–Kier alpha value is -3.07. The fourth-order valence-electron chi connectivity index (χ4n) is 5.77. The molecule has 1 aliphatic carbocycles. The van der Waals surface area contributed by atoms with Gasteiger partial charge in [-0.15, -0.1) is 0 Å². The Morgan fingerprint density at radius 2 is 1.68 bits per heavy atom. The van der Waals surface area contributed by atoms with Gasteiger partial charge in [0, 0.05) is 66.6 Å². The lowest BCUT2D eigenvalue weighted by atomic mass is 9.79. The zero-order valence-corrected chi connectivity index (χ0v) is 23.2. The van der Waals surface area contributed by atoms with Crippen LogP contribution in [0.3, 0.4) is 0 Å². The number of carbonyl (C=O) groups is 2. The van der Waals surface area contributed by atoms with Crippen LogP contribution < -0.4 is 4.74 Å². The maximum Gasteiger partial charge on any atom is 0.417 e. The number of halogens is 4. The minimum atomic E-state index is -4.48. The SMILES string of the molecule is C=C(Oc1ccc(C(F)(F)F)cn1)[C@H]1CCN(C(=O)C2CCN(C(=O)C3(C)CC3)CC2)C[C@@H]1c1ccc(Cl)cc1. The van der Waals surface area contributed by atoms with Crippen LogP contribution in [-0.4, -0.2) is 52.8 Å². The average Bonchev–Trinajstić information content (AvgIpc) is 3.70. The third kappa shape index (κ3) is 6.14. The molecule has 10 heteroatoms. The quantitative estimate of drug-likeness (QED) is 0.378. The lowest BCUT2D eigenvalue weighted by Gasteiger charge is -2.42. The number of ether oxygens (including phenoxy) is 1. The van der Waals surface area contributed by atoms with Gasteiger partial charge in [-0.1, -0.05) is 37.2 Å². The van der Waals surface area contributed by atoms with Gasteiger partial charge in [0.25, 0.3) is 0 Å². The van der Waals surface area contributed by atoms with E-state index in [0.717, 1.165) is 30.7 Å². The monoisotopic (exact) mass is 575 g/mol. The van der Waals surface area contributed by atoms with Crippen molar-refractivity contribution in [3.05, 3.63) is 71.1 Å². The second kappa shape index (κ2) is 11.1. The lowest BCUT2D eigenvalue weighted by Crippen LogP contribution is -2.49. The van der Waals surface area contributed by atoms with Gasteiger partial charge < -0.3 is 14.5 Å². The second-order valence-corrected chi connectivity index (χ2v) is 11.9. The second-order valence-electron chi connectivity index (χ2n) is 11.4. The summed E-state index contributed by atoms with van der Waals surface area (Å²) < 4.78 is 44.6. The van der Waals surface area contributed by atoms with Crippen molar-refractivity contribution in [2.75, 3.05) is 26.2 Å². The van der Waals surface area contributed by atoms with Gasteiger partial charge in [-0.3, -0.25) is 9.59 Å². The van der Waals surface area contributed by atoms with E-state index in [0.29, 0.717) is 56.2 Å². The number of nitrogens with zero attached hydrogens (tertiary/aromatic N) is 3. The van der Waals surface area contributed by atoms with Crippen LogP contribution in [0.1, 0.15) is 56.1 Å². The first kappa shape index (κ1) is 28.5. The van der Waals surface area contributed by atoms with E-state index in [1.807, 2.05) is 28.9 Å². The Morgan fingerprint density at radius 3 is 2.25 bits per heavy atom. The van der Waals surface area contributed by atoms with Gasteiger partial charge in [-0.2, -0.15) is 13.2 Å². The number of benzene rings is 1. The number of rotatable bonds is 6. The third-order valence-electron chi connectivity index (χ3n) is 8.58. The molecule has 0 unspecified atom stereocenters. The van der Waals surface area contributed by atoms with Crippen LogP contribution >= 0.6 is 11.6 Å². The van der Waals surface area contributed by atoms with Gasteiger partial charge in [0.05, 0.1) is 5.56 Å². The molecule has 0 radical (unpaired) electrons. The molecule has 1 aromatic heterocycles. The molecule has 2 amide bonds. The van der Waals surface area contributed by atoms with E-state index in [9.17, 15) is 22.8 Å². The maximum absolute atomic E-state index is 13.6. The van der Waals surface area contributed by atoms with Crippen LogP contribution in [0.4, 0.5) is 13.2 Å². The van der Waals surface area contributed by atoms with Crippen molar-refractivity contribution in [1.29, 1.82) is 0 Å². The first-order chi connectivity index (χ1) is 18.9. The van der Waals surface area contributed by atoms with E-state index in [1.54, 1.807) is 12.1 Å². The predicted octanol–water partition coefficient (Wildman–Crippen LogP) is 6.32. The first-order valence-corrected chi connectivity index (χ1v) is 14.1. The number of amides is 2. The van der Waals surface area contributed by atoms with E-state index in [2.05, 4.69) is 11.6 Å². The minimum Gasteiger partial charge on any atom is -0.444 e. The Kier molecular flexibility index (Phi) is 7.88. The molecule has 3 heterocycles. The molecule has 2 saturated heterocycles. The molecule has 2 aliphatic heterocycles. The van der Waals surface area contributed by atoms with Gasteiger partial charge in [-0.05, 0) is 55.9 Å². The molecule has 214 valence electrons. The van der Waals surface area contributed by atoms with Crippen LogP contribution in [-0.2, 0) is 15.8 Å². The number of carbonyl (C=O) groups excluding carboxylic acids is 2. The first-order valence-electron chi connectivity index (χ1n) is 13.7. The summed E-state index contributed by atoms with van der Waals surface area (Å²) in [6.07, 6.45) is 0.0240. The number of hydrogen-bond acceptors (Lipinski definition) is 4. The lowest BCUT2D eigenvalue weighted by molar-refractivity contribution is -0.144. The summed E-state index contributed by atoms with van der Waals surface area (Å²) in [5.74, 6) is 0.268. The molecule has 6 nitrogen and oxygen atoms in total. The number of piperidine rings is 2. The van der Waals surface area contributed by atoms with Crippen molar-refractivity contribution in [1.82, 2.24) is 14.8 Å². The van der Waals surface area contributed by atoms with Crippen LogP contribution in [0.2, 0.25) is 5.02 Å². The summed E-state index contributed by atoms with van der Waals surface area (Å²) >= 11 is 6.13. The zero-order valence-electron chi connectivity index (χ0n) is 22.4. The molecular weight excluding hydrogens is 543 g/mol. The Balaban J connectivity index is 1.26. The highest BCUT2D eigenvalue weighted by molar-refractivity contribution is 6.30. The smallest absolute Gasteiger partial charge is 0.417 e. The zero-order chi connectivity index (χ0) is 28.7. The average molecular weight is 576 g/mol. The number of likely N-dealkylation sites (tertiary alicyclic amines) is 2. The Morgan fingerprint density at radius 1 is 1.02 bits per heavy atom. The summed E-state index contributed by atoms with van der Waals surface area (Å²) in [6, 6.07) is 9.54. The van der Waals surface area contributed by atoms with E-state index in [-0.39, 0.29) is 40.9 Å². The van der Waals surface area contributed by atoms with Crippen molar-refractivity contribution < 1.29 is 27.5 Å². The summed E-state index contributed by atoms with van der Waals surface area (Å²) in [7, 11) is 0. The summed E-state index contributed by atoms with van der Waals surface area (Å²) in [5, 5.41) is 0.592. The van der Waals surface area contributed by atoms with Crippen molar-refractivity contribution in [3.8, 4) is 5.88 Å². The van der Waals surface area contributed by atoms with Gasteiger partial charge >= 0.3 is 6.18 Å². The van der Waals surface area contributed by atoms with E-state index >= 15 is 0 Å². The molecule has 0 bridgehead atoms. The van der Waals surface area contributed by atoms with Crippen molar-refractivity contribution >= 4 is 23.4 Å². The van der Waals surface area contributed by atoms with Crippen molar-refractivity contribution in [3.63, 3.8) is 0 Å². The molecule has 0 N–H and O–H groups in total. The summed E-state index contributed by atoms with van der Waals surface area (Å²) in [6.45, 7) is 8.27. The number of allylic oxidation sites excluding steroid dienone is 1. The van der Waals surface area contributed by atoms with Crippen LogP contribution in [0.15, 0.2) is 54.9 Å². The fraction of sp³-hybridized carbons (Fsp3) is 0.500. The number of hydrogen-bond donors (Lipinski definition) is 0. The van der Waals surface area contributed by atoms with Crippen molar-refractivity contribution in [2.24, 2.45) is 17.3 Å². The Labute approximate surface area is 237 Å². The van der Waals surface area contributed by atoms with E-state index in [1.165, 1.54) is 6.07 Å². The Bertz CT molecular complexity index is 1250. The highest BCUT2D eigenvalue weighted by atomic mass is 35.5. The summed E-state index contributed by atoms with van der Waals surface area (Å²) in [5.41, 5.74) is -0.0892. The molecule has 0 spiro atoms. The van der Waals surface area contributed by atoms with E-state index < -0.39 is 11.7 Å². The van der Waals surface area contributed by atoms with Crippen LogP contribution in [0.25, 0.3) is 0 Å².